The number of carbonyl (C=O) groups excluding carboxylic acids is 1. The monoisotopic (exact) mass is 405 g/mol. The fraction of sp³-hybridized carbons (Fsp3) is 0.458. The third kappa shape index (κ3) is 4.32. The van der Waals surface area contributed by atoms with Gasteiger partial charge in [0.15, 0.2) is 0 Å². The van der Waals surface area contributed by atoms with Crippen LogP contribution in [0.5, 0.6) is 0 Å². The van der Waals surface area contributed by atoms with Crippen LogP contribution < -0.4 is 5.32 Å². The van der Waals surface area contributed by atoms with E-state index in [2.05, 4.69) is 52.8 Å². The number of urea groups is 1. The first-order chi connectivity index (χ1) is 14.4. The van der Waals surface area contributed by atoms with Gasteiger partial charge in [-0.05, 0) is 37.3 Å². The minimum absolute atomic E-state index is 0.0489. The van der Waals surface area contributed by atoms with Crippen molar-refractivity contribution in [3.8, 4) is 0 Å². The predicted molar refractivity (Wildman–Crippen MR) is 119 cm³/mol. The maximum atomic E-state index is 12.7. The molecule has 3 heterocycles. The van der Waals surface area contributed by atoms with E-state index in [-0.39, 0.29) is 11.4 Å². The molecular formula is C24H31N5O. The quantitative estimate of drug-likeness (QED) is 0.694. The molecule has 1 saturated heterocycles. The van der Waals surface area contributed by atoms with Crippen LogP contribution in [0.4, 0.5) is 4.79 Å². The predicted octanol–water partition coefficient (Wildman–Crippen LogP) is 4.14. The van der Waals surface area contributed by atoms with E-state index in [0.29, 0.717) is 12.5 Å². The molecule has 0 saturated carbocycles. The zero-order valence-corrected chi connectivity index (χ0v) is 18.1. The number of benzene rings is 1. The van der Waals surface area contributed by atoms with Gasteiger partial charge in [-0.15, -0.1) is 0 Å². The van der Waals surface area contributed by atoms with Crippen molar-refractivity contribution < 1.29 is 4.79 Å². The third-order valence-electron chi connectivity index (χ3n) is 6.32. The molecule has 0 bridgehead atoms. The summed E-state index contributed by atoms with van der Waals surface area (Å²) in [4.78, 5) is 23.5. The lowest BCUT2D eigenvalue weighted by Crippen LogP contribution is -2.47. The highest BCUT2D eigenvalue weighted by Crippen LogP contribution is 2.24. The Balaban J connectivity index is 1.30. The topological polar surface area (TPSA) is 63.1 Å². The van der Waals surface area contributed by atoms with Gasteiger partial charge in [-0.1, -0.05) is 44.2 Å². The number of aromatic nitrogens is 3. The standard InChI is InChI=1S/C24H31N5O/c1-18-27-21-15-25-12-9-22(21)29(18)16-19-10-13-28(14-11-19)23(30)26-17-24(2,3)20-7-5-4-6-8-20/h4-9,12,15,19H,10-11,13-14,16-17H2,1-3H3,(H,26,30). The van der Waals surface area contributed by atoms with Gasteiger partial charge in [0.25, 0.3) is 0 Å². The average Bonchev–Trinajstić information content (AvgIpc) is 3.08. The second-order valence-electron chi connectivity index (χ2n) is 8.97. The molecule has 1 aliphatic heterocycles. The van der Waals surface area contributed by atoms with Gasteiger partial charge in [-0.2, -0.15) is 0 Å². The number of amides is 2. The van der Waals surface area contributed by atoms with Crippen molar-refractivity contribution in [3.63, 3.8) is 0 Å². The van der Waals surface area contributed by atoms with Crippen molar-refractivity contribution in [2.24, 2.45) is 5.92 Å². The molecule has 1 N–H and O–H groups in total. The zero-order chi connectivity index (χ0) is 21.1. The van der Waals surface area contributed by atoms with Gasteiger partial charge in [-0.25, -0.2) is 9.78 Å². The molecule has 3 aromatic rings. The van der Waals surface area contributed by atoms with Gasteiger partial charge < -0.3 is 14.8 Å². The number of hydrogen-bond acceptors (Lipinski definition) is 3. The Hall–Kier alpha value is -2.89. The number of likely N-dealkylation sites (tertiary alicyclic amines) is 1. The molecule has 1 fully saturated rings. The fourth-order valence-electron chi connectivity index (χ4n) is 4.31. The highest BCUT2D eigenvalue weighted by molar-refractivity contribution is 5.75. The summed E-state index contributed by atoms with van der Waals surface area (Å²) in [5.74, 6) is 1.58. The summed E-state index contributed by atoms with van der Waals surface area (Å²) in [5.41, 5.74) is 3.24. The van der Waals surface area contributed by atoms with E-state index in [4.69, 9.17) is 0 Å². The SMILES string of the molecule is Cc1nc2cnccc2n1CC1CCN(C(=O)NCC(C)(C)c2ccccc2)CC1. The maximum Gasteiger partial charge on any atom is 0.317 e. The average molecular weight is 406 g/mol. The van der Waals surface area contributed by atoms with Gasteiger partial charge in [0.1, 0.15) is 11.3 Å². The molecule has 1 aliphatic rings. The molecule has 30 heavy (non-hydrogen) atoms. The Morgan fingerprint density at radius 2 is 1.90 bits per heavy atom. The molecule has 0 atom stereocenters. The molecular weight excluding hydrogens is 374 g/mol. The molecule has 1 aromatic carbocycles. The maximum absolute atomic E-state index is 12.7. The second kappa shape index (κ2) is 8.46. The van der Waals surface area contributed by atoms with E-state index in [0.717, 1.165) is 49.3 Å². The molecule has 6 nitrogen and oxygen atoms in total. The minimum Gasteiger partial charge on any atom is -0.337 e. The van der Waals surface area contributed by atoms with Crippen LogP contribution in [0.25, 0.3) is 11.0 Å². The van der Waals surface area contributed by atoms with E-state index >= 15 is 0 Å². The normalized spacial score (nSPS) is 15.5. The fourth-order valence-corrected chi connectivity index (χ4v) is 4.31. The van der Waals surface area contributed by atoms with Gasteiger partial charge in [0, 0.05) is 37.8 Å². The number of rotatable bonds is 5. The number of nitrogens with zero attached hydrogens (tertiary/aromatic N) is 4. The number of hydrogen-bond donors (Lipinski definition) is 1. The lowest BCUT2D eigenvalue weighted by atomic mass is 9.85. The summed E-state index contributed by atoms with van der Waals surface area (Å²) in [6.07, 6.45) is 5.67. The highest BCUT2D eigenvalue weighted by atomic mass is 16.2. The molecule has 158 valence electrons. The first-order valence-electron chi connectivity index (χ1n) is 10.8. The van der Waals surface area contributed by atoms with E-state index in [9.17, 15) is 4.79 Å². The number of carbonyl (C=O) groups is 1. The van der Waals surface area contributed by atoms with Crippen LogP contribution in [0.3, 0.4) is 0 Å². The molecule has 0 aliphatic carbocycles. The van der Waals surface area contributed by atoms with Crippen molar-refractivity contribution >= 4 is 17.1 Å². The molecule has 6 heteroatoms. The summed E-state index contributed by atoms with van der Waals surface area (Å²) >= 11 is 0. The van der Waals surface area contributed by atoms with Crippen LogP contribution >= 0.6 is 0 Å². The first kappa shape index (κ1) is 20.4. The summed E-state index contributed by atoms with van der Waals surface area (Å²) in [7, 11) is 0. The van der Waals surface area contributed by atoms with Crippen molar-refractivity contribution in [1.29, 1.82) is 0 Å². The Morgan fingerprint density at radius 3 is 2.63 bits per heavy atom. The van der Waals surface area contributed by atoms with Crippen LogP contribution in [0.2, 0.25) is 0 Å². The zero-order valence-electron chi connectivity index (χ0n) is 18.1. The van der Waals surface area contributed by atoms with E-state index in [1.807, 2.05) is 41.6 Å². The molecule has 0 radical (unpaired) electrons. The molecule has 0 unspecified atom stereocenters. The number of aryl methyl sites for hydroxylation is 1. The number of nitrogens with one attached hydrogen (secondary N) is 1. The molecule has 2 aromatic heterocycles. The Labute approximate surface area is 178 Å². The van der Waals surface area contributed by atoms with Gasteiger partial charge in [0.05, 0.1) is 11.7 Å². The number of imidazole rings is 1. The second-order valence-corrected chi connectivity index (χ2v) is 8.97. The Morgan fingerprint density at radius 1 is 1.17 bits per heavy atom. The van der Waals surface area contributed by atoms with Gasteiger partial charge in [-0.3, -0.25) is 4.98 Å². The smallest absolute Gasteiger partial charge is 0.317 e. The number of pyridine rings is 1. The van der Waals surface area contributed by atoms with E-state index in [1.165, 1.54) is 5.56 Å². The van der Waals surface area contributed by atoms with Crippen molar-refractivity contribution in [2.45, 2.75) is 45.6 Å². The summed E-state index contributed by atoms with van der Waals surface area (Å²) < 4.78 is 2.29. The van der Waals surface area contributed by atoms with Crippen molar-refractivity contribution in [1.82, 2.24) is 24.8 Å². The molecule has 4 rings (SSSR count). The minimum atomic E-state index is -0.0931. The van der Waals surface area contributed by atoms with Crippen LogP contribution in [-0.4, -0.2) is 45.1 Å². The van der Waals surface area contributed by atoms with Crippen LogP contribution in [-0.2, 0) is 12.0 Å². The van der Waals surface area contributed by atoms with Gasteiger partial charge in [0.2, 0.25) is 0 Å². The van der Waals surface area contributed by atoms with E-state index < -0.39 is 0 Å². The summed E-state index contributed by atoms with van der Waals surface area (Å²) in [6, 6.07) is 12.4. The van der Waals surface area contributed by atoms with Crippen molar-refractivity contribution in [2.75, 3.05) is 19.6 Å². The largest absolute Gasteiger partial charge is 0.337 e. The summed E-state index contributed by atoms with van der Waals surface area (Å²) in [6.45, 7) is 9.57. The highest BCUT2D eigenvalue weighted by Gasteiger charge is 2.26. The number of piperidine rings is 1. The third-order valence-corrected chi connectivity index (χ3v) is 6.32. The van der Waals surface area contributed by atoms with Crippen LogP contribution in [0, 0.1) is 12.8 Å². The number of fused-ring (bicyclic) bond motifs is 1. The lowest BCUT2D eigenvalue weighted by Gasteiger charge is -2.34. The Kier molecular flexibility index (Phi) is 5.75. The Bertz CT molecular complexity index is 1000. The first-order valence-corrected chi connectivity index (χ1v) is 10.8. The van der Waals surface area contributed by atoms with Gasteiger partial charge >= 0.3 is 6.03 Å². The lowest BCUT2D eigenvalue weighted by molar-refractivity contribution is 0.164. The van der Waals surface area contributed by atoms with E-state index in [1.54, 1.807) is 0 Å². The molecule has 0 spiro atoms. The van der Waals surface area contributed by atoms with Crippen LogP contribution in [0.1, 0.15) is 38.1 Å². The van der Waals surface area contributed by atoms with Crippen molar-refractivity contribution in [3.05, 3.63) is 60.2 Å². The summed E-state index contributed by atoms with van der Waals surface area (Å²) in [5, 5.41) is 3.15. The van der Waals surface area contributed by atoms with Crippen LogP contribution in [0.15, 0.2) is 48.8 Å². The molecule has 2 amide bonds.